The Morgan fingerprint density at radius 1 is 0.408 bits per heavy atom. The van der Waals surface area contributed by atoms with Gasteiger partial charge in [-0.15, -0.1) is 0 Å². The number of nitrogens with zero attached hydrogens (tertiary/aromatic N) is 2. The van der Waals surface area contributed by atoms with Gasteiger partial charge in [0.15, 0.2) is 0 Å². The summed E-state index contributed by atoms with van der Waals surface area (Å²) in [5.41, 5.74) is 10.8. The van der Waals surface area contributed by atoms with Crippen LogP contribution in [0.4, 0.5) is 17.1 Å². The van der Waals surface area contributed by atoms with Gasteiger partial charge >= 0.3 is 0 Å². The van der Waals surface area contributed by atoms with Crippen LogP contribution >= 0.6 is 0 Å². The molecule has 0 atom stereocenters. The second-order valence-electron chi connectivity index (χ2n) is 12.6. The van der Waals surface area contributed by atoms with Gasteiger partial charge in [-0.3, -0.25) is 0 Å². The van der Waals surface area contributed by atoms with Crippen LogP contribution in [0, 0.1) is 0 Å². The fourth-order valence-corrected chi connectivity index (χ4v) is 7.57. The van der Waals surface area contributed by atoms with Crippen molar-refractivity contribution in [3.8, 4) is 16.8 Å². The molecule has 49 heavy (non-hydrogen) atoms. The molecule has 0 aliphatic rings. The number of fused-ring (bicyclic) bond motifs is 8. The van der Waals surface area contributed by atoms with Crippen molar-refractivity contribution in [1.29, 1.82) is 0 Å². The summed E-state index contributed by atoms with van der Waals surface area (Å²) in [5, 5.41) is 7.20. The van der Waals surface area contributed by atoms with Gasteiger partial charge in [-0.2, -0.15) is 0 Å². The largest absolute Gasteiger partial charge is 0.456 e. The lowest BCUT2D eigenvalue weighted by Gasteiger charge is -2.27. The molecule has 3 nitrogen and oxygen atoms in total. The van der Waals surface area contributed by atoms with E-state index >= 15 is 0 Å². The summed E-state index contributed by atoms with van der Waals surface area (Å²) in [6.45, 7) is 0. The standard InChI is InChI=1S/C46H30N2O/c1-3-12-31(13-4-1)32-22-25-35(26-23-32)47(40-19-11-21-44-46(40)39-18-9-10-20-43(39)49-44)36-27-28-38-42(30-36)48(34-15-5-2-6-16-34)41-29-24-33-14-7-8-17-37(33)45(38)41/h1-30H. The number of rotatable bonds is 5. The number of furan rings is 1. The molecule has 0 aliphatic heterocycles. The SMILES string of the molecule is c1ccc(-c2ccc(N(c3ccc4c5c6ccccc6ccc5n(-c5ccccc5)c4c3)c3cccc4oc5ccccc5c34)cc2)cc1. The Morgan fingerprint density at radius 3 is 1.92 bits per heavy atom. The molecule has 0 saturated carbocycles. The van der Waals surface area contributed by atoms with Crippen molar-refractivity contribution >= 4 is 71.6 Å². The average Bonchev–Trinajstić information content (AvgIpc) is 3.72. The van der Waals surface area contributed by atoms with E-state index in [9.17, 15) is 0 Å². The Balaban J connectivity index is 1.27. The summed E-state index contributed by atoms with van der Waals surface area (Å²) in [7, 11) is 0. The van der Waals surface area contributed by atoms with Crippen LogP contribution in [-0.2, 0) is 0 Å². The molecule has 10 rings (SSSR count). The highest BCUT2D eigenvalue weighted by Crippen LogP contribution is 2.45. The summed E-state index contributed by atoms with van der Waals surface area (Å²) in [6, 6.07) is 65.0. The van der Waals surface area contributed by atoms with E-state index in [0.29, 0.717) is 0 Å². The maximum atomic E-state index is 6.39. The third kappa shape index (κ3) is 4.37. The zero-order valence-electron chi connectivity index (χ0n) is 26.6. The molecule has 0 amide bonds. The first-order valence-corrected chi connectivity index (χ1v) is 16.7. The highest BCUT2D eigenvalue weighted by atomic mass is 16.3. The maximum Gasteiger partial charge on any atom is 0.137 e. The van der Waals surface area contributed by atoms with E-state index < -0.39 is 0 Å². The highest BCUT2D eigenvalue weighted by Gasteiger charge is 2.22. The molecule has 0 spiro atoms. The maximum absolute atomic E-state index is 6.39. The first-order valence-electron chi connectivity index (χ1n) is 16.7. The summed E-state index contributed by atoms with van der Waals surface area (Å²) >= 11 is 0. The predicted octanol–water partition coefficient (Wildman–Crippen LogP) is 13.0. The predicted molar refractivity (Wildman–Crippen MR) is 206 cm³/mol. The average molecular weight is 627 g/mol. The minimum absolute atomic E-state index is 0.871. The second kappa shape index (κ2) is 11.0. The fourth-order valence-electron chi connectivity index (χ4n) is 7.57. The van der Waals surface area contributed by atoms with Gasteiger partial charge in [0.2, 0.25) is 0 Å². The molecule has 2 heterocycles. The lowest BCUT2D eigenvalue weighted by Crippen LogP contribution is -2.10. The van der Waals surface area contributed by atoms with E-state index in [-0.39, 0.29) is 0 Å². The fraction of sp³-hybridized carbons (Fsp3) is 0. The van der Waals surface area contributed by atoms with Gasteiger partial charge in [0.25, 0.3) is 0 Å². The lowest BCUT2D eigenvalue weighted by atomic mass is 10.0. The minimum atomic E-state index is 0.871. The molecule has 8 aromatic carbocycles. The third-order valence-electron chi connectivity index (χ3n) is 9.77. The quantitative estimate of drug-likeness (QED) is 0.190. The van der Waals surface area contributed by atoms with Crippen molar-refractivity contribution in [2.45, 2.75) is 0 Å². The highest BCUT2D eigenvalue weighted by molar-refractivity contribution is 6.22. The molecule has 230 valence electrons. The van der Waals surface area contributed by atoms with Crippen molar-refractivity contribution in [2.75, 3.05) is 4.90 Å². The summed E-state index contributed by atoms with van der Waals surface area (Å²) in [5.74, 6) is 0. The Morgan fingerprint density at radius 2 is 1.08 bits per heavy atom. The van der Waals surface area contributed by atoms with Gasteiger partial charge in [0, 0.05) is 33.2 Å². The third-order valence-corrected chi connectivity index (χ3v) is 9.77. The molecule has 0 unspecified atom stereocenters. The molecule has 3 heteroatoms. The zero-order valence-corrected chi connectivity index (χ0v) is 26.6. The van der Waals surface area contributed by atoms with Crippen LogP contribution in [0.5, 0.6) is 0 Å². The van der Waals surface area contributed by atoms with E-state index in [1.165, 1.54) is 38.2 Å². The second-order valence-corrected chi connectivity index (χ2v) is 12.6. The molecule has 0 saturated heterocycles. The Labute approximate surface area is 283 Å². The number of hydrogen-bond acceptors (Lipinski definition) is 2. The molecule has 2 aromatic heterocycles. The number of anilines is 3. The molecule has 0 N–H and O–H groups in total. The van der Waals surface area contributed by atoms with E-state index in [1.807, 2.05) is 12.1 Å². The van der Waals surface area contributed by atoms with Crippen molar-refractivity contribution in [3.05, 3.63) is 182 Å². The van der Waals surface area contributed by atoms with Crippen LogP contribution in [0.25, 0.3) is 71.3 Å². The van der Waals surface area contributed by atoms with Gasteiger partial charge in [0.05, 0.1) is 22.1 Å². The monoisotopic (exact) mass is 626 g/mol. The van der Waals surface area contributed by atoms with E-state index in [1.54, 1.807) is 0 Å². The summed E-state index contributed by atoms with van der Waals surface area (Å²) < 4.78 is 8.80. The first kappa shape index (κ1) is 27.5. The molecule has 10 aromatic rings. The Hall–Kier alpha value is -6.58. The molecular formula is C46H30N2O. The van der Waals surface area contributed by atoms with Crippen LogP contribution in [0.1, 0.15) is 0 Å². The summed E-state index contributed by atoms with van der Waals surface area (Å²) in [6.07, 6.45) is 0. The Kier molecular flexibility index (Phi) is 6.18. The minimum Gasteiger partial charge on any atom is -0.456 e. The summed E-state index contributed by atoms with van der Waals surface area (Å²) in [4.78, 5) is 2.38. The van der Waals surface area contributed by atoms with Crippen LogP contribution in [0.15, 0.2) is 186 Å². The smallest absolute Gasteiger partial charge is 0.137 e. The van der Waals surface area contributed by atoms with Crippen LogP contribution < -0.4 is 4.90 Å². The van der Waals surface area contributed by atoms with E-state index in [4.69, 9.17) is 4.42 Å². The van der Waals surface area contributed by atoms with Gasteiger partial charge in [-0.1, -0.05) is 121 Å². The number of benzene rings is 8. The molecule has 0 aliphatic carbocycles. The van der Waals surface area contributed by atoms with Gasteiger partial charge in [-0.05, 0) is 82.6 Å². The van der Waals surface area contributed by atoms with Gasteiger partial charge in [0.1, 0.15) is 11.2 Å². The topological polar surface area (TPSA) is 21.3 Å². The van der Waals surface area contributed by atoms with Crippen LogP contribution in [0.2, 0.25) is 0 Å². The molecule has 0 bridgehead atoms. The number of para-hydroxylation sites is 2. The lowest BCUT2D eigenvalue weighted by molar-refractivity contribution is 0.669. The number of hydrogen-bond donors (Lipinski definition) is 0. The van der Waals surface area contributed by atoms with Crippen LogP contribution in [-0.4, -0.2) is 4.57 Å². The van der Waals surface area contributed by atoms with Gasteiger partial charge < -0.3 is 13.9 Å². The normalized spacial score (nSPS) is 11.7. The van der Waals surface area contributed by atoms with Crippen molar-refractivity contribution in [1.82, 2.24) is 4.57 Å². The molecule has 0 fully saturated rings. The van der Waals surface area contributed by atoms with Crippen LogP contribution in [0.3, 0.4) is 0 Å². The zero-order chi connectivity index (χ0) is 32.3. The van der Waals surface area contributed by atoms with E-state index in [2.05, 4.69) is 179 Å². The van der Waals surface area contributed by atoms with Crippen molar-refractivity contribution in [2.24, 2.45) is 0 Å². The number of aromatic nitrogens is 1. The molecular weight excluding hydrogens is 597 g/mol. The van der Waals surface area contributed by atoms with Crippen molar-refractivity contribution in [3.63, 3.8) is 0 Å². The van der Waals surface area contributed by atoms with E-state index in [0.717, 1.165) is 50.2 Å². The van der Waals surface area contributed by atoms with Crippen molar-refractivity contribution < 1.29 is 4.42 Å². The van der Waals surface area contributed by atoms with Gasteiger partial charge in [-0.25, -0.2) is 0 Å². The molecule has 0 radical (unpaired) electrons. The first-order chi connectivity index (χ1) is 24.3. The Bertz CT molecular complexity index is 2810.